The molecular formula is C29H34N2O3. The highest BCUT2D eigenvalue weighted by Crippen LogP contribution is 2.22. The highest BCUT2D eigenvalue weighted by atomic mass is 16.5. The van der Waals surface area contributed by atoms with Crippen molar-refractivity contribution in [2.24, 2.45) is 5.73 Å². The zero-order valence-corrected chi connectivity index (χ0v) is 20.5. The van der Waals surface area contributed by atoms with E-state index in [9.17, 15) is 9.59 Å². The van der Waals surface area contributed by atoms with Gasteiger partial charge in [0.2, 0.25) is 0 Å². The molecule has 0 spiro atoms. The molecule has 0 saturated heterocycles. The van der Waals surface area contributed by atoms with E-state index in [1.54, 1.807) is 50.1 Å². The number of hydrogen-bond acceptors (Lipinski definition) is 4. The summed E-state index contributed by atoms with van der Waals surface area (Å²) in [5.41, 5.74) is 8.74. The van der Waals surface area contributed by atoms with E-state index < -0.39 is 5.60 Å². The average molecular weight is 459 g/mol. The predicted octanol–water partition coefficient (Wildman–Crippen LogP) is 4.80. The van der Waals surface area contributed by atoms with Crippen LogP contribution in [0, 0.1) is 6.92 Å². The Morgan fingerprint density at radius 2 is 1.47 bits per heavy atom. The van der Waals surface area contributed by atoms with Crippen LogP contribution in [0.2, 0.25) is 0 Å². The molecule has 34 heavy (non-hydrogen) atoms. The number of benzene rings is 3. The highest BCUT2D eigenvalue weighted by Gasteiger charge is 2.33. The quantitative estimate of drug-likeness (QED) is 0.443. The van der Waals surface area contributed by atoms with Gasteiger partial charge >= 0.3 is 0 Å². The Bertz CT molecular complexity index is 1090. The number of ketones is 1. The molecular weight excluding hydrogens is 424 g/mol. The summed E-state index contributed by atoms with van der Waals surface area (Å²) in [6, 6.07) is 24.5. The Morgan fingerprint density at radius 3 is 2.06 bits per heavy atom. The van der Waals surface area contributed by atoms with Crippen LogP contribution < -0.4 is 10.5 Å². The molecule has 5 nitrogen and oxygen atoms in total. The van der Waals surface area contributed by atoms with Crippen LogP contribution in [-0.2, 0) is 11.2 Å². The number of carbonyl (C=O) groups excluding carboxylic acids is 2. The number of nitrogens with two attached hydrogens (primary N) is 1. The monoisotopic (exact) mass is 458 g/mol. The molecule has 3 aromatic carbocycles. The number of nitrogens with zero attached hydrogens (tertiary/aromatic N) is 1. The maximum atomic E-state index is 13.0. The lowest BCUT2D eigenvalue weighted by Gasteiger charge is -2.30. The number of rotatable bonds is 10. The van der Waals surface area contributed by atoms with Crippen molar-refractivity contribution in [1.82, 2.24) is 4.90 Å². The fraction of sp³-hybridized carbons (Fsp3) is 0.310. The molecule has 178 valence electrons. The van der Waals surface area contributed by atoms with E-state index >= 15 is 0 Å². The fourth-order valence-corrected chi connectivity index (χ4v) is 3.82. The molecule has 0 fully saturated rings. The van der Waals surface area contributed by atoms with Crippen LogP contribution in [-0.4, -0.2) is 41.8 Å². The van der Waals surface area contributed by atoms with Gasteiger partial charge in [0.05, 0.1) is 0 Å². The summed E-state index contributed by atoms with van der Waals surface area (Å²) >= 11 is 0. The van der Waals surface area contributed by atoms with Gasteiger partial charge in [-0.3, -0.25) is 9.59 Å². The van der Waals surface area contributed by atoms with Gasteiger partial charge in [-0.25, -0.2) is 0 Å². The van der Waals surface area contributed by atoms with Crippen LogP contribution in [0.25, 0.3) is 0 Å². The van der Waals surface area contributed by atoms with E-state index in [4.69, 9.17) is 10.5 Å². The summed E-state index contributed by atoms with van der Waals surface area (Å²) in [6.45, 7) is 6.03. The number of likely N-dealkylation sites (N-methyl/N-ethyl adjacent to an activating group) is 1. The Hall–Kier alpha value is -3.44. The zero-order chi connectivity index (χ0) is 24.7. The van der Waals surface area contributed by atoms with Crippen molar-refractivity contribution < 1.29 is 14.3 Å². The summed E-state index contributed by atoms with van der Waals surface area (Å²) in [5, 5.41) is 0. The summed E-state index contributed by atoms with van der Waals surface area (Å²) in [5.74, 6) is 0.362. The Morgan fingerprint density at radius 1 is 0.912 bits per heavy atom. The SMILES string of the molecule is Cc1ccc(C(=O)c2ccc(OC(C)(C)C(=O)N(C)CCC(N)Cc3ccccc3)cc2)cc1. The van der Waals surface area contributed by atoms with Crippen molar-refractivity contribution in [3.8, 4) is 5.75 Å². The van der Waals surface area contributed by atoms with Crippen LogP contribution in [0.5, 0.6) is 5.75 Å². The van der Waals surface area contributed by atoms with Gasteiger partial charge in [-0.05, 0) is 63.4 Å². The van der Waals surface area contributed by atoms with Crippen LogP contribution in [0.15, 0.2) is 78.9 Å². The molecule has 0 aliphatic carbocycles. The number of amides is 1. The third kappa shape index (κ3) is 6.78. The number of hydrogen-bond donors (Lipinski definition) is 1. The minimum absolute atomic E-state index is 0.0275. The molecule has 1 atom stereocenters. The van der Waals surface area contributed by atoms with Gasteiger partial charge in [0.25, 0.3) is 5.91 Å². The van der Waals surface area contributed by atoms with Gasteiger partial charge < -0.3 is 15.4 Å². The molecule has 0 heterocycles. The lowest BCUT2D eigenvalue weighted by Crippen LogP contribution is -2.48. The van der Waals surface area contributed by atoms with Crippen LogP contribution >= 0.6 is 0 Å². The van der Waals surface area contributed by atoms with Gasteiger partial charge in [-0.2, -0.15) is 0 Å². The fourth-order valence-electron chi connectivity index (χ4n) is 3.82. The standard InChI is InChI=1S/C29H34N2O3/c1-21-10-12-23(13-11-21)27(32)24-14-16-26(17-15-24)34-29(2,3)28(33)31(4)19-18-25(30)20-22-8-6-5-7-9-22/h5-17,25H,18-20,30H2,1-4H3. The van der Waals surface area contributed by atoms with Crippen LogP contribution in [0.4, 0.5) is 0 Å². The Labute approximate surface area is 202 Å². The largest absolute Gasteiger partial charge is 0.478 e. The zero-order valence-electron chi connectivity index (χ0n) is 20.5. The summed E-state index contributed by atoms with van der Waals surface area (Å²) in [7, 11) is 1.77. The first-order valence-electron chi connectivity index (χ1n) is 11.6. The third-order valence-corrected chi connectivity index (χ3v) is 5.84. The minimum atomic E-state index is -1.05. The first-order valence-corrected chi connectivity index (χ1v) is 11.6. The van der Waals surface area contributed by atoms with E-state index in [0.717, 1.165) is 12.0 Å². The van der Waals surface area contributed by atoms with Crippen molar-refractivity contribution in [3.63, 3.8) is 0 Å². The second-order valence-electron chi connectivity index (χ2n) is 9.30. The predicted molar refractivity (Wildman–Crippen MR) is 136 cm³/mol. The van der Waals surface area contributed by atoms with Gasteiger partial charge in [-0.1, -0.05) is 60.2 Å². The summed E-state index contributed by atoms with van der Waals surface area (Å²) < 4.78 is 6.01. The molecule has 0 aliphatic heterocycles. The van der Waals surface area contributed by atoms with Gasteiger partial charge in [0, 0.05) is 30.8 Å². The van der Waals surface area contributed by atoms with Crippen molar-refractivity contribution in [3.05, 3.63) is 101 Å². The lowest BCUT2D eigenvalue weighted by atomic mass is 10.0. The summed E-state index contributed by atoms with van der Waals surface area (Å²) in [6.07, 6.45) is 1.47. The van der Waals surface area contributed by atoms with Crippen LogP contribution in [0.1, 0.15) is 47.3 Å². The smallest absolute Gasteiger partial charge is 0.265 e. The molecule has 5 heteroatoms. The highest BCUT2D eigenvalue weighted by molar-refractivity contribution is 6.09. The van der Waals surface area contributed by atoms with E-state index in [1.807, 2.05) is 49.4 Å². The Kier molecular flexibility index (Phi) is 8.24. The van der Waals surface area contributed by atoms with Crippen molar-refractivity contribution in [1.29, 1.82) is 0 Å². The second kappa shape index (κ2) is 11.1. The van der Waals surface area contributed by atoms with E-state index in [0.29, 0.717) is 29.8 Å². The van der Waals surface area contributed by atoms with Crippen molar-refractivity contribution in [2.45, 2.75) is 45.3 Å². The second-order valence-corrected chi connectivity index (χ2v) is 9.30. The van der Waals surface area contributed by atoms with Gasteiger partial charge in [-0.15, -0.1) is 0 Å². The third-order valence-electron chi connectivity index (χ3n) is 5.84. The molecule has 3 rings (SSSR count). The molecule has 3 aromatic rings. The van der Waals surface area contributed by atoms with E-state index in [1.165, 1.54) is 5.56 Å². The van der Waals surface area contributed by atoms with Crippen molar-refractivity contribution in [2.75, 3.05) is 13.6 Å². The topological polar surface area (TPSA) is 72.6 Å². The van der Waals surface area contributed by atoms with Crippen molar-refractivity contribution >= 4 is 11.7 Å². The molecule has 0 aromatic heterocycles. The van der Waals surface area contributed by atoms with Crippen LogP contribution in [0.3, 0.4) is 0 Å². The molecule has 1 amide bonds. The van der Waals surface area contributed by atoms with E-state index in [2.05, 4.69) is 12.1 Å². The molecule has 0 aliphatic rings. The Balaban J connectivity index is 1.54. The average Bonchev–Trinajstić information content (AvgIpc) is 2.83. The number of aryl methyl sites for hydroxylation is 1. The molecule has 2 N–H and O–H groups in total. The van der Waals surface area contributed by atoms with Gasteiger partial charge in [0.15, 0.2) is 11.4 Å². The lowest BCUT2D eigenvalue weighted by molar-refractivity contribution is -0.144. The van der Waals surface area contributed by atoms with Gasteiger partial charge in [0.1, 0.15) is 5.75 Å². The molecule has 1 unspecified atom stereocenters. The first kappa shape index (κ1) is 25.2. The molecule has 0 radical (unpaired) electrons. The normalized spacial score (nSPS) is 12.1. The molecule has 0 saturated carbocycles. The number of ether oxygens (including phenoxy) is 1. The maximum Gasteiger partial charge on any atom is 0.265 e. The summed E-state index contributed by atoms with van der Waals surface area (Å²) in [4.78, 5) is 27.4. The molecule has 0 bridgehead atoms. The maximum absolute atomic E-state index is 13.0. The number of carbonyl (C=O) groups is 2. The minimum Gasteiger partial charge on any atom is -0.478 e. The van der Waals surface area contributed by atoms with E-state index in [-0.39, 0.29) is 17.7 Å². The first-order chi connectivity index (χ1) is 16.2.